The molecule has 1 aromatic heterocycles. The molecule has 6 heteroatoms. The van der Waals surface area contributed by atoms with Crippen LogP contribution >= 0.6 is 38.5 Å². The van der Waals surface area contributed by atoms with Gasteiger partial charge in [0, 0.05) is 20.8 Å². The van der Waals surface area contributed by atoms with Gasteiger partial charge in [-0.1, -0.05) is 0 Å². The molecule has 0 bridgehead atoms. The summed E-state index contributed by atoms with van der Waals surface area (Å²) >= 11 is 5.77. The van der Waals surface area contributed by atoms with Crippen molar-refractivity contribution in [3.63, 3.8) is 0 Å². The van der Waals surface area contributed by atoms with Crippen LogP contribution in [0.25, 0.3) is 0 Å². The second-order valence-corrected chi connectivity index (χ2v) is 5.72. The van der Waals surface area contributed by atoms with Crippen LogP contribution in [0.1, 0.15) is 11.6 Å². The Bertz CT molecular complexity index is 538. The third-order valence-corrected chi connectivity index (χ3v) is 4.88. The lowest BCUT2D eigenvalue weighted by Gasteiger charge is -2.07. The van der Waals surface area contributed by atoms with Gasteiger partial charge in [0.15, 0.2) is 5.82 Å². The molecule has 1 N–H and O–H groups in total. The van der Waals surface area contributed by atoms with E-state index in [-0.39, 0.29) is 0 Å². The summed E-state index contributed by atoms with van der Waals surface area (Å²) in [4.78, 5) is 0. The number of nitrogens with one attached hydrogen (secondary N) is 1. The van der Waals surface area contributed by atoms with E-state index in [1.54, 1.807) is 0 Å². The van der Waals surface area contributed by atoms with Crippen LogP contribution < -0.4 is 5.32 Å². The largest absolute Gasteiger partial charge is 0.378 e. The van der Waals surface area contributed by atoms with Crippen LogP contribution in [0.4, 0.5) is 5.69 Å². The predicted octanol–water partition coefficient (Wildman–Crippen LogP) is 3.10. The summed E-state index contributed by atoms with van der Waals surface area (Å²) in [6, 6.07) is 6.16. The lowest BCUT2D eigenvalue weighted by Crippen LogP contribution is -2.06. The Morgan fingerprint density at radius 1 is 1.41 bits per heavy atom. The van der Waals surface area contributed by atoms with Crippen LogP contribution in [0.5, 0.6) is 0 Å². The van der Waals surface area contributed by atoms with Crippen LogP contribution in [0.15, 0.2) is 22.7 Å². The van der Waals surface area contributed by atoms with Crippen molar-refractivity contribution >= 4 is 44.2 Å². The summed E-state index contributed by atoms with van der Waals surface area (Å²) < 4.78 is 4.27. The zero-order valence-electron chi connectivity index (χ0n) is 9.54. The fourth-order valence-electron chi connectivity index (χ4n) is 1.39. The van der Waals surface area contributed by atoms with E-state index in [2.05, 4.69) is 60.1 Å². The number of nitrogens with zero attached hydrogens (tertiary/aromatic N) is 3. The quantitative estimate of drug-likeness (QED) is 0.796. The molecule has 1 heterocycles. The molecule has 4 nitrogen and oxygen atoms in total. The minimum atomic E-state index is 0.676. The molecule has 90 valence electrons. The van der Waals surface area contributed by atoms with Gasteiger partial charge in [0.2, 0.25) is 0 Å². The fourth-order valence-corrected chi connectivity index (χ4v) is 2.15. The highest BCUT2D eigenvalue weighted by atomic mass is 127. The Hall–Kier alpha value is -0.630. The summed E-state index contributed by atoms with van der Waals surface area (Å²) in [6.45, 7) is 2.62. The second kappa shape index (κ2) is 5.34. The van der Waals surface area contributed by atoms with E-state index in [4.69, 9.17) is 0 Å². The summed E-state index contributed by atoms with van der Waals surface area (Å²) in [5.74, 6) is 1.85. The first-order valence-electron chi connectivity index (χ1n) is 5.11. The monoisotopic (exact) mass is 406 g/mol. The summed E-state index contributed by atoms with van der Waals surface area (Å²) in [7, 11) is 1.97. The van der Waals surface area contributed by atoms with E-state index in [0.29, 0.717) is 6.54 Å². The van der Waals surface area contributed by atoms with E-state index >= 15 is 0 Å². The van der Waals surface area contributed by atoms with Gasteiger partial charge in [-0.3, -0.25) is 0 Å². The lowest BCUT2D eigenvalue weighted by molar-refractivity contribution is 0.789. The number of aromatic nitrogens is 3. The Labute approximate surface area is 122 Å². The van der Waals surface area contributed by atoms with Gasteiger partial charge in [-0.15, -0.1) is 10.2 Å². The predicted molar refractivity (Wildman–Crippen MR) is 79.9 cm³/mol. The molecule has 2 aromatic rings. The van der Waals surface area contributed by atoms with E-state index < -0.39 is 0 Å². The van der Waals surface area contributed by atoms with E-state index in [0.717, 1.165) is 21.8 Å². The smallest absolute Gasteiger partial charge is 0.152 e. The number of hydrogen-bond acceptors (Lipinski definition) is 3. The van der Waals surface area contributed by atoms with Gasteiger partial charge < -0.3 is 9.88 Å². The third kappa shape index (κ3) is 2.98. The lowest BCUT2D eigenvalue weighted by atomic mass is 10.3. The summed E-state index contributed by atoms with van der Waals surface area (Å²) in [5.41, 5.74) is 1.08. The number of anilines is 1. The van der Waals surface area contributed by atoms with Crippen molar-refractivity contribution in [1.82, 2.24) is 14.8 Å². The maximum atomic E-state index is 4.11. The van der Waals surface area contributed by atoms with Crippen LogP contribution in [0, 0.1) is 10.5 Å². The van der Waals surface area contributed by atoms with Gasteiger partial charge in [0.25, 0.3) is 0 Å². The standard InChI is InChI=1S/C11H12BrIN4/c1-7-15-16-11(17(7)2)6-14-8-3-4-9(12)10(13)5-8/h3-5,14H,6H2,1-2H3. The minimum Gasteiger partial charge on any atom is -0.378 e. The SMILES string of the molecule is Cc1nnc(CNc2ccc(Br)c(I)c2)n1C. The van der Waals surface area contributed by atoms with Crippen molar-refractivity contribution in [2.75, 3.05) is 5.32 Å². The molecule has 0 saturated heterocycles. The summed E-state index contributed by atoms with van der Waals surface area (Å²) in [5, 5.41) is 11.5. The number of halogens is 2. The number of hydrogen-bond donors (Lipinski definition) is 1. The van der Waals surface area contributed by atoms with Crippen molar-refractivity contribution in [2.24, 2.45) is 7.05 Å². The molecule has 0 unspecified atom stereocenters. The van der Waals surface area contributed by atoms with Gasteiger partial charge in [-0.25, -0.2) is 0 Å². The normalized spacial score (nSPS) is 10.6. The molecule has 0 fully saturated rings. The molecule has 2 rings (SSSR count). The van der Waals surface area contributed by atoms with Crippen molar-refractivity contribution in [3.05, 3.63) is 37.9 Å². The minimum absolute atomic E-state index is 0.676. The molecule has 17 heavy (non-hydrogen) atoms. The Balaban J connectivity index is 2.07. The first-order chi connectivity index (χ1) is 8.08. The van der Waals surface area contributed by atoms with E-state index in [1.807, 2.05) is 30.7 Å². The molecule has 0 spiro atoms. The van der Waals surface area contributed by atoms with Gasteiger partial charge in [0.1, 0.15) is 5.82 Å². The number of aryl methyl sites for hydroxylation is 1. The maximum absolute atomic E-state index is 4.11. The molecule has 1 aromatic carbocycles. The van der Waals surface area contributed by atoms with Gasteiger partial charge in [-0.2, -0.15) is 0 Å². The van der Waals surface area contributed by atoms with Gasteiger partial charge in [-0.05, 0) is 63.6 Å². The molecule has 0 aliphatic heterocycles. The number of rotatable bonds is 3. The molecular formula is C11H12BrIN4. The molecular weight excluding hydrogens is 395 g/mol. The van der Waals surface area contributed by atoms with Crippen LogP contribution in [-0.2, 0) is 13.6 Å². The molecule has 0 aliphatic carbocycles. The van der Waals surface area contributed by atoms with Crippen molar-refractivity contribution in [3.8, 4) is 0 Å². The van der Waals surface area contributed by atoms with Crippen molar-refractivity contribution in [1.29, 1.82) is 0 Å². The van der Waals surface area contributed by atoms with Crippen LogP contribution in [0.2, 0.25) is 0 Å². The molecule has 0 aliphatic rings. The Morgan fingerprint density at radius 3 is 2.76 bits per heavy atom. The zero-order valence-corrected chi connectivity index (χ0v) is 13.3. The van der Waals surface area contributed by atoms with Crippen LogP contribution in [0.3, 0.4) is 0 Å². The highest BCUT2D eigenvalue weighted by molar-refractivity contribution is 14.1. The highest BCUT2D eigenvalue weighted by Crippen LogP contribution is 2.22. The molecule has 0 amide bonds. The molecule has 0 saturated carbocycles. The highest BCUT2D eigenvalue weighted by Gasteiger charge is 2.04. The van der Waals surface area contributed by atoms with E-state index in [1.165, 1.54) is 3.57 Å². The Morgan fingerprint density at radius 2 is 2.18 bits per heavy atom. The average Bonchev–Trinajstić information content (AvgIpc) is 2.62. The topological polar surface area (TPSA) is 42.7 Å². The average molecular weight is 407 g/mol. The maximum Gasteiger partial charge on any atom is 0.152 e. The van der Waals surface area contributed by atoms with Crippen molar-refractivity contribution < 1.29 is 0 Å². The van der Waals surface area contributed by atoms with Crippen molar-refractivity contribution in [2.45, 2.75) is 13.5 Å². The number of benzene rings is 1. The first kappa shape index (κ1) is 12.8. The fraction of sp³-hybridized carbons (Fsp3) is 0.273. The third-order valence-electron chi connectivity index (χ3n) is 2.55. The molecule has 0 radical (unpaired) electrons. The van der Waals surface area contributed by atoms with E-state index in [9.17, 15) is 0 Å². The summed E-state index contributed by atoms with van der Waals surface area (Å²) in [6.07, 6.45) is 0. The second-order valence-electron chi connectivity index (χ2n) is 3.70. The van der Waals surface area contributed by atoms with Crippen LogP contribution in [-0.4, -0.2) is 14.8 Å². The zero-order chi connectivity index (χ0) is 12.4. The first-order valence-corrected chi connectivity index (χ1v) is 6.99. The Kier molecular flexibility index (Phi) is 4.03. The van der Waals surface area contributed by atoms with Gasteiger partial charge >= 0.3 is 0 Å². The molecule has 0 atom stereocenters. The van der Waals surface area contributed by atoms with Gasteiger partial charge in [0.05, 0.1) is 6.54 Å².